The largest absolute Gasteiger partial charge is 0.339 e. The SMILES string of the molecule is O=C(Nc1ccccc1C(=O)N1CCCCCC1)c1ccc([N+](=O)[O-])cc1. The molecule has 2 aromatic rings. The molecule has 1 heterocycles. The van der Waals surface area contributed by atoms with Crippen LogP contribution >= 0.6 is 0 Å². The monoisotopic (exact) mass is 367 g/mol. The number of benzene rings is 2. The number of anilines is 1. The predicted octanol–water partition coefficient (Wildman–Crippen LogP) is 3.86. The molecule has 1 fully saturated rings. The van der Waals surface area contributed by atoms with E-state index in [0.29, 0.717) is 11.3 Å². The number of nitrogens with one attached hydrogen (secondary N) is 1. The van der Waals surface area contributed by atoms with Crippen LogP contribution in [0, 0.1) is 10.1 Å². The molecule has 2 amide bonds. The zero-order valence-electron chi connectivity index (χ0n) is 14.9. The number of hydrogen-bond donors (Lipinski definition) is 1. The molecule has 7 heteroatoms. The smallest absolute Gasteiger partial charge is 0.269 e. The zero-order chi connectivity index (χ0) is 19.2. The Bertz CT molecular complexity index is 841. The highest BCUT2D eigenvalue weighted by Gasteiger charge is 2.21. The molecule has 0 aromatic heterocycles. The molecule has 0 radical (unpaired) electrons. The zero-order valence-corrected chi connectivity index (χ0v) is 14.9. The third-order valence-corrected chi connectivity index (χ3v) is 4.64. The van der Waals surface area contributed by atoms with Gasteiger partial charge < -0.3 is 10.2 Å². The van der Waals surface area contributed by atoms with Crippen LogP contribution in [0.15, 0.2) is 48.5 Å². The Labute approximate surface area is 157 Å². The summed E-state index contributed by atoms with van der Waals surface area (Å²) in [4.78, 5) is 37.5. The van der Waals surface area contributed by atoms with Gasteiger partial charge in [0, 0.05) is 30.8 Å². The van der Waals surface area contributed by atoms with Crippen molar-refractivity contribution in [2.24, 2.45) is 0 Å². The lowest BCUT2D eigenvalue weighted by atomic mass is 10.1. The first-order valence-electron chi connectivity index (χ1n) is 9.00. The number of nitro groups is 1. The molecular formula is C20H21N3O4. The summed E-state index contributed by atoms with van der Waals surface area (Å²) in [6, 6.07) is 12.3. The number of carbonyl (C=O) groups excluding carboxylic acids is 2. The van der Waals surface area contributed by atoms with Crippen LogP contribution in [0.25, 0.3) is 0 Å². The average molecular weight is 367 g/mol. The molecule has 1 N–H and O–H groups in total. The Balaban J connectivity index is 1.78. The van der Waals surface area contributed by atoms with Crippen LogP contribution in [0.1, 0.15) is 46.4 Å². The number of para-hydroxylation sites is 1. The third-order valence-electron chi connectivity index (χ3n) is 4.64. The first kappa shape index (κ1) is 18.6. The molecule has 0 unspecified atom stereocenters. The van der Waals surface area contributed by atoms with E-state index >= 15 is 0 Å². The molecule has 140 valence electrons. The fraction of sp³-hybridized carbons (Fsp3) is 0.300. The van der Waals surface area contributed by atoms with Crippen LogP contribution in [-0.2, 0) is 0 Å². The average Bonchev–Trinajstić information content (AvgIpc) is 2.97. The van der Waals surface area contributed by atoms with Crippen molar-refractivity contribution in [3.8, 4) is 0 Å². The molecule has 0 spiro atoms. The van der Waals surface area contributed by atoms with E-state index in [-0.39, 0.29) is 17.2 Å². The first-order valence-corrected chi connectivity index (χ1v) is 9.00. The minimum absolute atomic E-state index is 0.0803. The van der Waals surface area contributed by atoms with Gasteiger partial charge in [0.25, 0.3) is 17.5 Å². The number of hydrogen-bond acceptors (Lipinski definition) is 4. The summed E-state index contributed by atoms with van der Waals surface area (Å²) in [5.74, 6) is -0.502. The summed E-state index contributed by atoms with van der Waals surface area (Å²) in [7, 11) is 0. The lowest BCUT2D eigenvalue weighted by Crippen LogP contribution is -2.32. The number of rotatable bonds is 4. The molecule has 7 nitrogen and oxygen atoms in total. The number of likely N-dealkylation sites (tertiary alicyclic amines) is 1. The molecule has 2 aromatic carbocycles. The van der Waals surface area contributed by atoms with Crippen LogP contribution in [0.3, 0.4) is 0 Å². The normalized spacial score (nSPS) is 14.3. The maximum absolute atomic E-state index is 12.9. The van der Waals surface area contributed by atoms with Gasteiger partial charge in [-0.05, 0) is 37.1 Å². The fourth-order valence-corrected chi connectivity index (χ4v) is 3.15. The van der Waals surface area contributed by atoms with Gasteiger partial charge in [-0.1, -0.05) is 25.0 Å². The van der Waals surface area contributed by atoms with Crippen molar-refractivity contribution in [1.82, 2.24) is 4.90 Å². The maximum atomic E-state index is 12.9. The summed E-state index contributed by atoms with van der Waals surface area (Å²) in [6.07, 6.45) is 4.23. The lowest BCUT2D eigenvalue weighted by Gasteiger charge is -2.22. The second kappa shape index (κ2) is 8.44. The number of non-ortho nitro benzene ring substituents is 1. The predicted molar refractivity (Wildman–Crippen MR) is 102 cm³/mol. The second-order valence-corrected chi connectivity index (χ2v) is 6.51. The molecule has 1 aliphatic rings. The highest BCUT2D eigenvalue weighted by molar-refractivity contribution is 6.09. The Morgan fingerprint density at radius 3 is 2.19 bits per heavy atom. The minimum atomic E-state index is -0.517. The summed E-state index contributed by atoms with van der Waals surface area (Å²) >= 11 is 0. The van der Waals surface area contributed by atoms with Gasteiger partial charge in [0.1, 0.15) is 0 Å². The van der Waals surface area contributed by atoms with E-state index < -0.39 is 10.8 Å². The van der Waals surface area contributed by atoms with E-state index in [1.807, 2.05) is 4.90 Å². The van der Waals surface area contributed by atoms with Crippen LogP contribution in [-0.4, -0.2) is 34.7 Å². The third kappa shape index (κ3) is 4.49. The molecule has 27 heavy (non-hydrogen) atoms. The molecular weight excluding hydrogens is 346 g/mol. The van der Waals surface area contributed by atoms with Crippen LogP contribution in [0.2, 0.25) is 0 Å². The minimum Gasteiger partial charge on any atom is -0.339 e. The van der Waals surface area contributed by atoms with Crippen molar-refractivity contribution in [2.45, 2.75) is 25.7 Å². The van der Waals surface area contributed by atoms with Gasteiger partial charge in [-0.15, -0.1) is 0 Å². The van der Waals surface area contributed by atoms with E-state index in [4.69, 9.17) is 0 Å². The van der Waals surface area contributed by atoms with E-state index in [2.05, 4.69) is 5.32 Å². The fourth-order valence-electron chi connectivity index (χ4n) is 3.15. The van der Waals surface area contributed by atoms with Gasteiger partial charge in [0.2, 0.25) is 0 Å². The van der Waals surface area contributed by atoms with Gasteiger partial charge in [0.15, 0.2) is 0 Å². The number of carbonyl (C=O) groups is 2. The standard InChI is InChI=1S/C20H21N3O4/c24-19(15-9-11-16(12-10-15)23(26)27)21-18-8-4-3-7-17(18)20(25)22-13-5-1-2-6-14-22/h3-4,7-12H,1-2,5-6,13-14H2,(H,21,24). The summed E-state index contributed by atoms with van der Waals surface area (Å²) in [5.41, 5.74) is 1.10. The van der Waals surface area contributed by atoms with E-state index in [9.17, 15) is 19.7 Å². The molecule has 3 rings (SSSR count). The molecule has 0 saturated carbocycles. The van der Waals surface area contributed by atoms with E-state index in [0.717, 1.165) is 38.8 Å². The Kier molecular flexibility index (Phi) is 5.80. The van der Waals surface area contributed by atoms with E-state index in [1.54, 1.807) is 24.3 Å². The van der Waals surface area contributed by atoms with Crippen molar-refractivity contribution in [3.63, 3.8) is 0 Å². The second-order valence-electron chi connectivity index (χ2n) is 6.51. The molecule has 1 aliphatic heterocycles. The quantitative estimate of drug-likeness (QED) is 0.656. The highest BCUT2D eigenvalue weighted by atomic mass is 16.6. The van der Waals surface area contributed by atoms with Crippen molar-refractivity contribution in [1.29, 1.82) is 0 Å². The number of amides is 2. The van der Waals surface area contributed by atoms with Crippen molar-refractivity contribution < 1.29 is 14.5 Å². The summed E-state index contributed by atoms with van der Waals surface area (Å²) < 4.78 is 0. The van der Waals surface area contributed by atoms with Gasteiger partial charge in [-0.3, -0.25) is 19.7 Å². The van der Waals surface area contributed by atoms with Crippen LogP contribution in [0.5, 0.6) is 0 Å². The number of nitro benzene ring substituents is 1. The lowest BCUT2D eigenvalue weighted by molar-refractivity contribution is -0.384. The first-order chi connectivity index (χ1) is 13.1. The topological polar surface area (TPSA) is 92.6 Å². The van der Waals surface area contributed by atoms with E-state index in [1.165, 1.54) is 24.3 Å². The van der Waals surface area contributed by atoms with Crippen molar-refractivity contribution in [3.05, 3.63) is 69.8 Å². The molecule has 1 saturated heterocycles. The summed E-state index contributed by atoms with van der Waals surface area (Å²) in [6.45, 7) is 1.45. The van der Waals surface area contributed by atoms with Gasteiger partial charge in [-0.2, -0.15) is 0 Å². The van der Waals surface area contributed by atoms with Crippen LogP contribution in [0.4, 0.5) is 11.4 Å². The highest BCUT2D eigenvalue weighted by Crippen LogP contribution is 2.21. The van der Waals surface area contributed by atoms with Gasteiger partial charge >= 0.3 is 0 Å². The Hall–Kier alpha value is -3.22. The molecule has 0 atom stereocenters. The van der Waals surface area contributed by atoms with Crippen molar-refractivity contribution >= 4 is 23.2 Å². The summed E-state index contributed by atoms with van der Waals surface area (Å²) in [5, 5.41) is 13.5. The van der Waals surface area contributed by atoms with Crippen molar-refractivity contribution in [2.75, 3.05) is 18.4 Å². The number of nitrogens with zero attached hydrogens (tertiary/aromatic N) is 2. The Morgan fingerprint density at radius 2 is 1.56 bits per heavy atom. The molecule has 0 aliphatic carbocycles. The van der Waals surface area contributed by atoms with Gasteiger partial charge in [0.05, 0.1) is 16.2 Å². The molecule has 0 bridgehead atoms. The Morgan fingerprint density at radius 1 is 0.926 bits per heavy atom. The maximum Gasteiger partial charge on any atom is 0.269 e. The van der Waals surface area contributed by atoms with Crippen LogP contribution < -0.4 is 5.32 Å². The van der Waals surface area contributed by atoms with Gasteiger partial charge in [-0.25, -0.2) is 0 Å².